The lowest BCUT2D eigenvalue weighted by Gasteiger charge is -2.25. The van der Waals surface area contributed by atoms with E-state index in [-0.39, 0.29) is 0 Å². The van der Waals surface area contributed by atoms with E-state index < -0.39 is 0 Å². The number of rotatable bonds is 9. The van der Waals surface area contributed by atoms with E-state index in [1.54, 1.807) is 14.2 Å². The van der Waals surface area contributed by atoms with Crippen LogP contribution < -0.4 is 10.2 Å². The number of hydrogen-bond donors (Lipinski definition) is 1. The molecule has 0 aliphatic heterocycles. The van der Waals surface area contributed by atoms with Gasteiger partial charge in [-0.25, -0.2) is 4.98 Å². The minimum absolute atomic E-state index is 0.634. The van der Waals surface area contributed by atoms with Crippen molar-refractivity contribution in [2.75, 3.05) is 57.8 Å². The minimum atomic E-state index is 0.634. The average molecular weight is 268 g/mol. The molecule has 1 aromatic rings. The van der Waals surface area contributed by atoms with E-state index in [1.807, 2.05) is 20.2 Å². The largest absolute Gasteiger partial charge is 0.385 e. The second-order valence-electron chi connectivity index (χ2n) is 4.28. The number of aryl methyl sites for hydroxylation is 1. The summed E-state index contributed by atoms with van der Waals surface area (Å²) in [5.41, 5.74) is 1.06. The molecule has 0 bridgehead atoms. The highest BCUT2D eigenvalue weighted by molar-refractivity contribution is 5.48. The zero-order valence-corrected chi connectivity index (χ0v) is 12.3. The van der Waals surface area contributed by atoms with E-state index in [9.17, 15) is 0 Å². The van der Waals surface area contributed by atoms with Crippen LogP contribution in [0.15, 0.2) is 6.20 Å². The quantitative estimate of drug-likeness (QED) is 0.682. The number of nitrogens with one attached hydrogen (secondary N) is 1. The van der Waals surface area contributed by atoms with Gasteiger partial charge in [-0.05, 0) is 13.3 Å². The average Bonchev–Trinajstić information content (AvgIpc) is 2.43. The molecule has 0 spiro atoms. The summed E-state index contributed by atoms with van der Waals surface area (Å²) >= 11 is 0. The molecule has 1 N–H and O–H groups in total. The summed E-state index contributed by atoms with van der Waals surface area (Å²) in [7, 11) is 5.24. The topological polar surface area (TPSA) is 59.5 Å². The van der Waals surface area contributed by atoms with Crippen molar-refractivity contribution in [3.05, 3.63) is 11.8 Å². The fourth-order valence-electron chi connectivity index (χ4n) is 1.80. The Bertz CT molecular complexity index is 374. The van der Waals surface area contributed by atoms with Crippen molar-refractivity contribution >= 4 is 11.8 Å². The Labute approximate surface area is 115 Å². The van der Waals surface area contributed by atoms with Gasteiger partial charge in [-0.15, -0.1) is 0 Å². The van der Waals surface area contributed by atoms with Crippen LogP contribution in [0.25, 0.3) is 0 Å². The second-order valence-corrected chi connectivity index (χ2v) is 4.28. The van der Waals surface area contributed by atoms with Crippen LogP contribution in [-0.4, -0.2) is 57.5 Å². The molecule has 6 heteroatoms. The normalized spacial score (nSPS) is 10.5. The Balaban J connectivity index is 2.81. The summed E-state index contributed by atoms with van der Waals surface area (Å²) in [5, 5.41) is 2.97. The van der Waals surface area contributed by atoms with Crippen molar-refractivity contribution in [1.82, 2.24) is 9.97 Å². The summed E-state index contributed by atoms with van der Waals surface area (Å²) in [6, 6.07) is 0. The molecule has 0 radical (unpaired) electrons. The Morgan fingerprint density at radius 2 is 1.95 bits per heavy atom. The van der Waals surface area contributed by atoms with Crippen LogP contribution in [0.4, 0.5) is 11.8 Å². The van der Waals surface area contributed by atoms with Crippen LogP contribution in [0.1, 0.15) is 12.0 Å². The van der Waals surface area contributed by atoms with Crippen molar-refractivity contribution in [1.29, 1.82) is 0 Å². The monoisotopic (exact) mass is 268 g/mol. The third-order valence-electron chi connectivity index (χ3n) is 2.81. The molecule has 0 unspecified atom stereocenters. The van der Waals surface area contributed by atoms with Gasteiger partial charge >= 0.3 is 0 Å². The summed E-state index contributed by atoms with van der Waals surface area (Å²) < 4.78 is 10.3. The smallest absolute Gasteiger partial charge is 0.224 e. The van der Waals surface area contributed by atoms with Crippen molar-refractivity contribution < 1.29 is 9.47 Å². The number of anilines is 2. The third-order valence-corrected chi connectivity index (χ3v) is 2.81. The van der Waals surface area contributed by atoms with Crippen molar-refractivity contribution in [2.45, 2.75) is 13.3 Å². The molecule has 1 aromatic heterocycles. The molecule has 19 heavy (non-hydrogen) atoms. The SMILES string of the molecule is CNc1ncc(C)c(N(CCCOC)CCOC)n1. The maximum absolute atomic E-state index is 5.16. The van der Waals surface area contributed by atoms with Crippen molar-refractivity contribution in [3.63, 3.8) is 0 Å². The number of ether oxygens (including phenoxy) is 2. The summed E-state index contributed by atoms with van der Waals surface area (Å²) in [4.78, 5) is 11.0. The Hall–Kier alpha value is -1.40. The standard InChI is InChI=1S/C13H24N4O2/c1-11-10-15-13(14-2)16-12(11)17(7-9-19-4)6-5-8-18-3/h10H,5-9H2,1-4H3,(H,14,15,16). The van der Waals surface area contributed by atoms with Gasteiger partial charge in [-0.3, -0.25) is 0 Å². The molecular formula is C13H24N4O2. The number of aromatic nitrogens is 2. The lowest BCUT2D eigenvalue weighted by atomic mass is 10.3. The first-order valence-corrected chi connectivity index (χ1v) is 6.47. The lowest BCUT2D eigenvalue weighted by Crippen LogP contribution is -2.30. The number of nitrogens with zero attached hydrogens (tertiary/aromatic N) is 3. The van der Waals surface area contributed by atoms with Crippen molar-refractivity contribution in [2.24, 2.45) is 0 Å². The van der Waals surface area contributed by atoms with Gasteiger partial charge in [0.15, 0.2) is 0 Å². The van der Waals surface area contributed by atoms with Crippen LogP contribution in [-0.2, 0) is 9.47 Å². The lowest BCUT2D eigenvalue weighted by molar-refractivity contribution is 0.191. The van der Waals surface area contributed by atoms with Crippen LogP contribution in [0, 0.1) is 6.92 Å². The van der Waals surface area contributed by atoms with Gasteiger partial charge in [-0.1, -0.05) is 0 Å². The molecule has 0 aliphatic rings. The van der Waals surface area contributed by atoms with E-state index in [0.717, 1.165) is 37.5 Å². The molecule has 0 aliphatic carbocycles. The molecule has 6 nitrogen and oxygen atoms in total. The van der Waals surface area contributed by atoms with E-state index in [1.165, 1.54) is 0 Å². The summed E-state index contributed by atoms with van der Waals surface area (Å²) in [6.07, 6.45) is 2.79. The van der Waals surface area contributed by atoms with Crippen molar-refractivity contribution in [3.8, 4) is 0 Å². The number of methoxy groups -OCH3 is 2. The van der Waals surface area contributed by atoms with Gasteiger partial charge < -0.3 is 19.7 Å². The maximum Gasteiger partial charge on any atom is 0.224 e. The van der Waals surface area contributed by atoms with Gasteiger partial charge in [0.05, 0.1) is 6.61 Å². The van der Waals surface area contributed by atoms with Gasteiger partial charge in [0.1, 0.15) is 5.82 Å². The molecule has 0 saturated carbocycles. The molecule has 0 saturated heterocycles. The highest BCUT2D eigenvalue weighted by Gasteiger charge is 2.12. The predicted octanol–water partition coefficient (Wildman–Crippen LogP) is 1.32. The molecule has 0 fully saturated rings. The van der Waals surface area contributed by atoms with E-state index in [0.29, 0.717) is 12.6 Å². The minimum Gasteiger partial charge on any atom is -0.385 e. The van der Waals surface area contributed by atoms with E-state index >= 15 is 0 Å². The number of hydrogen-bond acceptors (Lipinski definition) is 6. The third kappa shape index (κ3) is 5.00. The van der Waals surface area contributed by atoms with E-state index in [4.69, 9.17) is 9.47 Å². The molecular weight excluding hydrogens is 244 g/mol. The molecule has 0 atom stereocenters. The van der Waals surface area contributed by atoms with Crippen LogP contribution in [0.3, 0.4) is 0 Å². The Morgan fingerprint density at radius 1 is 1.21 bits per heavy atom. The van der Waals surface area contributed by atoms with Crippen LogP contribution in [0.5, 0.6) is 0 Å². The van der Waals surface area contributed by atoms with Gasteiger partial charge in [0.2, 0.25) is 5.95 Å². The first-order valence-electron chi connectivity index (χ1n) is 6.47. The molecule has 108 valence electrons. The van der Waals surface area contributed by atoms with Gasteiger partial charge in [0, 0.05) is 52.7 Å². The Kier molecular flexibility index (Phi) is 7.14. The predicted molar refractivity (Wildman–Crippen MR) is 76.9 cm³/mol. The second kappa shape index (κ2) is 8.66. The zero-order chi connectivity index (χ0) is 14.1. The molecule has 0 amide bonds. The first-order chi connectivity index (χ1) is 9.22. The van der Waals surface area contributed by atoms with Gasteiger partial charge in [-0.2, -0.15) is 4.98 Å². The maximum atomic E-state index is 5.16. The van der Waals surface area contributed by atoms with E-state index in [2.05, 4.69) is 20.2 Å². The highest BCUT2D eigenvalue weighted by atomic mass is 16.5. The van der Waals surface area contributed by atoms with Crippen LogP contribution in [0.2, 0.25) is 0 Å². The molecule has 1 heterocycles. The first kappa shape index (κ1) is 15.7. The summed E-state index contributed by atoms with van der Waals surface area (Å²) in [6.45, 7) is 5.13. The highest BCUT2D eigenvalue weighted by Crippen LogP contribution is 2.18. The Morgan fingerprint density at radius 3 is 2.58 bits per heavy atom. The summed E-state index contributed by atoms with van der Waals surface area (Å²) in [5.74, 6) is 1.59. The molecule has 0 aromatic carbocycles. The fraction of sp³-hybridized carbons (Fsp3) is 0.692. The van der Waals surface area contributed by atoms with Crippen LogP contribution >= 0.6 is 0 Å². The van der Waals surface area contributed by atoms with Gasteiger partial charge in [0.25, 0.3) is 0 Å². The zero-order valence-electron chi connectivity index (χ0n) is 12.3. The fourth-order valence-corrected chi connectivity index (χ4v) is 1.80. The molecule has 1 rings (SSSR count).